The second-order valence-corrected chi connectivity index (χ2v) is 3.89. The van der Waals surface area contributed by atoms with E-state index in [-0.39, 0.29) is 12.4 Å². The van der Waals surface area contributed by atoms with E-state index >= 15 is 0 Å². The molecule has 0 aliphatic rings. The fourth-order valence-corrected chi connectivity index (χ4v) is 1.44. The van der Waals surface area contributed by atoms with Crippen LogP contribution in [0.3, 0.4) is 0 Å². The van der Waals surface area contributed by atoms with Crippen LogP contribution in [0.25, 0.3) is 0 Å². The van der Waals surface area contributed by atoms with Crippen LogP contribution in [-0.2, 0) is 11.3 Å². The molecule has 0 fully saturated rings. The zero-order valence-electron chi connectivity index (χ0n) is 10.4. The second-order valence-electron chi connectivity index (χ2n) is 3.89. The predicted molar refractivity (Wildman–Crippen MR) is 70.4 cm³/mol. The number of halogens is 4. The second kappa shape index (κ2) is 8.01. The number of alkyl halides is 3. The van der Waals surface area contributed by atoms with E-state index < -0.39 is 24.9 Å². The molecule has 19 heavy (non-hydrogen) atoms. The van der Waals surface area contributed by atoms with E-state index in [1.54, 1.807) is 25.2 Å². The van der Waals surface area contributed by atoms with Gasteiger partial charge in [0.25, 0.3) is 0 Å². The minimum absolute atomic E-state index is 0. The lowest BCUT2D eigenvalue weighted by atomic mass is 10.2. The highest BCUT2D eigenvalue weighted by molar-refractivity contribution is 5.90. The summed E-state index contributed by atoms with van der Waals surface area (Å²) in [6, 6.07) is 6.97. The molecule has 0 aromatic heterocycles. The van der Waals surface area contributed by atoms with Gasteiger partial charge in [0.15, 0.2) is 0 Å². The first-order valence-electron chi connectivity index (χ1n) is 5.51. The molecule has 0 aliphatic heterocycles. The molecular formula is C12H16ClF3N2O. The van der Waals surface area contributed by atoms with Gasteiger partial charge < -0.3 is 10.6 Å². The maximum absolute atomic E-state index is 11.9. The molecule has 0 spiro atoms. The molecule has 0 unspecified atom stereocenters. The largest absolute Gasteiger partial charge is 0.389 e. The van der Waals surface area contributed by atoms with E-state index in [1.165, 1.54) is 0 Å². The Bertz CT molecular complexity index is 410. The molecule has 1 amide bonds. The van der Waals surface area contributed by atoms with Gasteiger partial charge in [0.2, 0.25) is 5.91 Å². The van der Waals surface area contributed by atoms with Gasteiger partial charge in [-0.1, -0.05) is 12.1 Å². The van der Waals surface area contributed by atoms with Crippen molar-refractivity contribution in [1.29, 1.82) is 0 Å². The quantitative estimate of drug-likeness (QED) is 0.876. The highest BCUT2D eigenvalue weighted by Gasteiger charge is 2.27. The van der Waals surface area contributed by atoms with Crippen LogP contribution in [0.2, 0.25) is 0 Å². The van der Waals surface area contributed by atoms with Crippen molar-refractivity contribution in [2.45, 2.75) is 25.6 Å². The summed E-state index contributed by atoms with van der Waals surface area (Å²) in [6.45, 7) is 0.631. The third-order valence-corrected chi connectivity index (χ3v) is 2.23. The van der Waals surface area contributed by atoms with Gasteiger partial charge in [0, 0.05) is 18.7 Å². The van der Waals surface area contributed by atoms with E-state index in [0.717, 1.165) is 5.56 Å². The monoisotopic (exact) mass is 296 g/mol. The molecule has 0 aliphatic carbocycles. The van der Waals surface area contributed by atoms with E-state index in [4.69, 9.17) is 0 Å². The third-order valence-electron chi connectivity index (χ3n) is 2.23. The number of hydrogen-bond donors (Lipinski definition) is 2. The summed E-state index contributed by atoms with van der Waals surface area (Å²) in [5.74, 6) is -0.631. The maximum Gasteiger partial charge on any atom is 0.389 e. The summed E-state index contributed by atoms with van der Waals surface area (Å²) in [7, 11) is 1.79. The average Bonchev–Trinajstić information content (AvgIpc) is 2.26. The Morgan fingerprint density at radius 2 is 2.00 bits per heavy atom. The van der Waals surface area contributed by atoms with Crippen molar-refractivity contribution >= 4 is 24.0 Å². The Morgan fingerprint density at radius 3 is 2.58 bits per heavy atom. The summed E-state index contributed by atoms with van der Waals surface area (Å²) in [5.41, 5.74) is 1.46. The summed E-state index contributed by atoms with van der Waals surface area (Å²) in [4.78, 5) is 11.3. The summed E-state index contributed by atoms with van der Waals surface area (Å²) in [6.07, 6.45) is -5.96. The number of nitrogens with one attached hydrogen (secondary N) is 2. The lowest BCUT2D eigenvalue weighted by Gasteiger charge is -2.08. The van der Waals surface area contributed by atoms with Gasteiger partial charge in [0.05, 0.1) is 6.42 Å². The van der Waals surface area contributed by atoms with Crippen LogP contribution in [0.4, 0.5) is 18.9 Å². The highest BCUT2D eigenvalue weighted by Crippen LogP contribution is 2.21. The van der Waals surface area contributed by atoms with E-state index in [1.807, 2.05) is 6.07 Å². The molecule has 0 saturated carbocycles. The average molecular weight is 297 g/mol. The van der Waals surface area contributed by atoms with Crippen molar-refractivity contribution in [2.24, 2.45) is 0 Å². The van der Waals surface area contributed by atoms with E-state index in [9.17, 15) is 18.0 Å². The number of amides is 1. The number of carbonyl (C=O) groups excluding carboxylic acids is 1. The van der Waals surface area contributed by atoms with E-state index in [0.29, 0.717) is 12.2 Å². The van der Waals surface area contributed by atoms with Crippen molar-refractivity contribution in [1.82, 2.24) is 5.32 Å². The normalized spacial score (nSPS) is 10.7. The molecule has 0 saturated heterocycles. The molecule has 7 heteroatoms. The van der Waals surface area contributed by atoms with Crippen molar-refractivity contribution in [3.05, 3.63) is 29.8 Å². The van der Waals surface area contributed by atoms with Crippen molar-refractivity contribution in [2.75, 3.05) is 12.4 Å². The maximum atomic E-state index is 11.9. The Balaban J connectivity index is 0.00000324. The Kier molecular flexibility index (Phi) is 7.48. The number of anilines is 1. The smallest absolute Gasteiger partial charge is 0.326 e. The van der Waals surface area contributed by atoms with Gasteiger partial charge >= 0.3 is 6.18 Å². The molecule has 0 bridgehead atoms. The SMILES string of the molecule is CNCc1cccc(NC(=O)CCC(F)(F)F)c1.Cl. The molecule has 1 aromatic rings. The number of benzene rings is 1. The van der Waals surface area contributed by atoms with Crippen LogP contribution in [0, 0.1) is 0 Å². The van der Waals surface area contributed by atoms with Gasteiger partial charge in [-0.05, 0) is 24.7 Å². The Labute approximate surface area is 116 Å². The molecule has 3 nitrogen and oxygen atoms in total. The number of carbonyl (C=O) groups is 1. The minimum Gasteiger partial charge on any atom is -0.326 e. The van der Waals surface area contributed by atoms with Crippen LogP contribution in [0.5, 0.6) is 0 Å². The van der Waals surface area contributed by atoms with Gasteiger partial charge in [0.1, 0.15) is 0 Å². The van der Waals surface area contributed by atoms with Gasteiger partial charge in [-0.15, -0.1) is 12.4 Å². The fraction of sp³-hybridized carbons (Fsp3) is 0.417. The lowest BCUT2D eigenvalue weighted by Crippen LogP contribution is -2.16. The van der Waals surface area contributed by atoms with Crippen LogP contribution < -0.4 is 10.6 Å². The standard InChI is InChI=1S/C12H15F3N2O.ClH/c1-16-8-9-3-2-4-10(7-9)17-11(18)5-6-12(13,14)15;/h2-4,7,16H,5-6,8H2,1H3,(H,17,18);1H. The predicted octanol–water partition coefficient (Wildman–Crippen LogP) is 3.11. The molecule has 0 radical (unpaired) electrons. The van der Waals surface area contributed by atoms with Crippen molar-refractivity contribution in [3.8, 4) is 0 Å². The van der Waals surface area contributed by atoms with Crippen LogP contribution in [0.15, 0.2) is 24.3 Å². The molecule has 0 atom stereocenters. The summed E-state index contributed by atoms with van der Waals surface area (Å²) in [5, 5.41) is 5.39. The summed E-state index contributed by atoms with van der Waals surface area (Å²) >= 11 is 0. The number of rotatable bonds is 5. The molecule has 108 valence electrons. The highest BCUT2D eigenvalue weighted by atomic mass is 35.5. The summed E-state index contributed by atoms with van der Waals surface area (Å²) < 4.78 is 35.8. The van der Waals surface area contributed by atoms with Crippen molar-refractivity contribution < 1.29 is 18.0 Å². The number of hydrogen-bond acceptors (Lipinski definition) is 2. The lowest BCUT2D eigenvalue weighted by molar-refractivity contribution is -0.142. The Morgan fingerprint density at radius 1 is 1.32 bits per heavy atom. The zero-order valence-corrected chi connectivity index (χ0v) is 11.2. The first-order chi connectivity index (χ1) is 8.40. The van der Waals surface area contributed by atoms with Gasteiger partial charge in [-0.25, -0.2) is 0 Å². The van der Waals surface area contributed by atoms with Crippen molar-refractivity contribution in [3.63, 3.8) is 0 Å². The molecule has 0 heterocycles. The van der Waals surface area contributed by atoms with Crippen LogP contribution >= 0.6 is 12.4 Å². The molecular weight excluding hydrogens is 281 g/mol. The Hall–Kier alpha value is -1.27. The molecule has 2 N–H and O–H groups in total. The van der Waals surface area contributed by atoms with Crippen LogP contribution in [-0.4, -0.2) is 19.1 Å². The van der Waals surface area contributed by atoms with Gasteiger partial charge in [-0.2, -0.15) is 13.2 Å². The molecule has 1 rings (SSSR count). The van der Waals surface area contributed by atoms with E-state index in [2.05, 4.69) is 10.6 Å². The third kappa shape index (κ3) is 7.69. The zero-order chi connectivity index (χ0) is 13.6. The first kappa shape index (κ1) is 17.7. The first-order valence-corrected chi connectivity index (χ1v) is 5.51. The van der Waals surface area contributed by atoms with Gasteiger partial charge in [-0.3, -0.25) is 4.79 Å². The topological polar surface area (TPSA) is 41.1 Å². The van der Waals surface area contributed by atoms with Crippen LogP contribution in [0.1, 0.15) is 18.4 Å². The fourth-order valence-electron chi connectivity index (χ4n) is 1.44. The molecule has 1 aromatic carbocycles. The minimum atomic E-state index is -4.30.